The van der Waals surface area contributed by atoms with Crippen LogP contribution < -0.4 is 0 Å². The Morgan fingerprint density at radius 2 is 1.07 bits per heavy atom. The van der Waals surface area contributed by atoms with Crippen molar-refractivity contribution >= 4 is 43.6 Å². The summed E-state index contributed by atoms with van der Waals surface area (Å²) in [5.41, 5.74) is 10.7. The molecule has 0 atom stereocenters. The molecule has 5 aromatic carbocycles. The predicted molar refractivity (Wildman–Crippen MR) is 187 cm³/mol. The second-order valence-electron chi connectivity index (χ2n) is 11.4. The molecule has 0 spiro atoms. The summed E-state index contributed by atoms with van der Waals surface area (Å²) >= 11 is 0. The van der Waals surface area contributed by atoms with Gasteiger partial charge < -0.3 is 0 Å². The second-order valence-corrected chi connectivity index (χ2v) is 11.4. The van der Waals surface area contributed by atoms with Crippen LogP contribution in [0.2, 0.25) is 0 Å². The third-order valence-electron chi connectivity index (χ3n) is 8.56. The van der Waals surface area contributed by atoms with Gasteiger partial charge in [-0.15, -0.1) is 0 Å². The first-order chi connectivity index (χ1) is 22.8. The first kappa shape index (κ1) is 26.1. The lowest BCUT2D eigenvalue weighted by molar-refractivity contribution is 1.23. The van der Waals surface area contributed by atoms with Crippen molar-refractivity contribution in [2.24, 2.45) is 0 Å². The second kappa shape index (κ2) is 10.7. The summed E-state index contributed by atoms with van der Waals surface area (Å²) in [4.78, 5) is 24.5. The molecular formula is C41H25N5. The van der Waals surface area contributed by atoms with Gasteiger partial charge >= 0.3 is 0 Å². The van der Waals surface area contributed by atoms with Crippen LogP contribution in [0.5, 0.6) is 0 Å². The summed E-state index contributed by atoms with van der Waals surface area (Å²) < 4.78 is 0. The minimum atomic E-state index is 0.683. The van der Waals surface area contributed by atoms with Gasteiger partial charge in [-0.25, -0.2) is 15.0 Å². The maximum absolute atomic E-state index is 5.13. The van der Waals surface area contributed by atoms with Crippen molar-refractivity contribution in [3.8, 4) is 45.0 Å². The first-order valence-corrected chi connectivity index (χ1v) is 15.3. The van der Waals surface area contributed by atoms with Crippen molar-refractivity contribution in [2.75, 3.05) is 0 Å². The van der Waals surface area contributed by atoms with Crippen LogP contribution in [-0.4, -0.2) is 24.9 Å². The quantitative estimate of drug-likeness (QED) is 0.192. The number of pyridine rings is 3. The third-order valence-corrected chi connectivity index (χ3v) is 8.56. The normalized spacial score (nSPS) is 11.5. The van der Waals surface area contributed by atoms with E-state index >= 15 is 0 Å². The lowest BCUT2D eigenvalue weighted by atomic mass is 9.99. The van der Waals surface area contributed by atoms with Gasteiger partial charge in [0.1, 0.15) is 0 Å². The fourth-order valence-electron chi connectivity index (χ4n) is 6.26. The summed E-state index contributed by atoms with van der Waals surface area (Å²) in [6.07, 6.45) is 3.66. The molecule has 9 rings (SSSR count). The molecule has 5 nitrogen and oxygen atoms in total. The number of aromatic nitrogens is 5. The smallest absolute Gasteiger partial charge is 0.160 e. The topological polar surface area (TPSA) is 64.5 Å². The highest BCUT2D eigenvalue weighted by Crippen LogP contribution is 2.34. The Morgan fingerprint density at radius 3 is 1.93 bits per heavy atom. The Bertz CT molecular complexity index is 2590. The minimum Gasteiger partial charge on any atom is -0.256 e. The molecule has 0 aliphatic carbocycles. The summed E-state index contributed by atoms with van der Waals surface area (Å²) in [6, 6.07) is 47.9. The summed E-state index contributed by atoms with van der Waals surface area (Å²) in [5.74, 6) is 0.683. The fourth-order valence-corrected chi connectivity index (χ4v) is 6.26. The van der Waals surface area contributed by atoms with Gasteiger partial charge in [0.2, 0.25) is 0 Å². The van der Waals surface area contributed by atoms with Gasteiger partial charge in [-0.05, 0) is 41.5 Å². The lowest BCUT2D eigenvalue weighted by Gasteiger charge is -2.12. The van der Waals surface area contributed by atoms with Crippen LogP contribution in [0.3, 0.4) is 0 Å². The molecule has 46 heavy (non-hydrogen) atoms. The zero-order chi connectivity index (χ0) is 30.5. The molecule has 214 valence electrons. The summed E-state index contributed by atoms with van der Waals surface area (Å²) in [7, 11) is 0. The van der Waals surface area contributed by atoms with Crippen molar-refractivity contribution in [2.45, 2.75) is 0 Å². The molecule has 0 unspecified atom stereocenters. The van der Waals surface area contributed by atoms with Crippen LogP contribution in [0, 0.1) is 0 Å². The van der Waals surface area contributed by atoms with E-state index in [-0.39, 0.29) is 0 Å². The highest BCUT2D eigenvalue weighted by Gasteiger charge is 2.15. The van der Waals surface area contributed by atoms with Gasteiger partial charge in [-0.2, -0.15) is 0 Å². The maximum atomic E-state index is 5.13. The standard InChI is InChI=1S/C41H25N5/c1-2-14-36-33(12-1)40(34-13-4-7-27-10-5-23-42-37(27)34)46-41(45-36)30-19-15-26(16-20-30)31-8-3-9-32(25-31)35-22-21-29-18-17-28-11-6-24-43-38(28)39(29)44-35/h1-25H. The maximum Gasteiger partial charge on any atom is 0.160 e. The molecule has 5 heteroatoms. The zero-order valence-electron chi connectivity index (χ0n) is 24.7. The van der Waals surface area contributed by atoms with Gasteiger partial charge in [0.05, 0.1) is 33.5 Å². The van der Waals surface area contributed by atoms with Gasteiger partial charge in [-0.1, -0.05) is 109 Å². The van der Waals surface area contributed by atoms with Gasteiger partial charge in [0.15, 0.2) is 5.82 Å². The van der Waals surface area contributed by atoms with Crippen molar-refractivity contribution < 1.29 is 0 Å². The monoisotopic (exact) mass is 587 g/mol. The molecule has 0 amide bonds. The van der Waals surface area contributed by atoms with E-state index in [1.54, 1.807) is 0 Å². The summed E-state index contributed by atoms with van der Waals surface area (Å²) in [6.45, 7) is 0. The molecule has 4 aromatic heterocycles. The van der Waals surface area contributed by atoms with E-state index in [0.717, 1.165) is 82.8 Å². The number of hydrogen-bond donors (Lipinski definition) is 0. The van der Waals surface area contributed by atoms with Crippen molar-refractivity contribution in [3.63, 3.8) is 0 Å². The molecule has 0 aliphatic heterocycles. The largest absolute Gasteiger partial charge is 0.256 e. The van der Waals surface area contributed by atoms with Crippen molar-refractivity contribution in [1.29, 1.82) is 0 Å². The van der Waals surface area contributed by atoms with Crippen LogP contribution in [0.1, 0.15) is 0 Å². The van der Waals surface area contributed by atoms with E-state index in [1.165, 1.54) is 0 Å². The van der Waals surface area contributed by atoms with E-state index in [9.17, 15) is 0 Å². The van der Waals surface area contributed by atoms with Crippen LogP contribution in [0.4, 0.5) is 0 Å². The Balaban J connectivity index is 1.10. The van der Waals surface area contributed by atoms with Crippen molar-refractivity contribution in [1.82, 2.24) is 24.9 Å². The highest BCUT2D eigenvalue weighted by molar-refractivity contribution is 6.04. The minimum absolute atomic E-state index is 0.683. The Labute approximate surface area is 264 Å². The van der Waals surface area contributed by atoms with E-state index in [4.69, 9.17) is 19.9 Å². The average Bonchev–Trinajstić information content (AvgIpc) is 3.14. The zero-order valence-corrected chi connectivity index (χ0v) is 24.7. The number of rotatable bonds is 4. The van der Waals surface area contributed by atoms with Gasteiger partial charge in [0, 0.05) is 50.6 Å². The molecule has 0 fully saturated rings. The number of nitrogens with zero attached hydrogens (tertiary/aromatic N) is 5. The van der Waals surface area contributed by atoms with Gasteiger partial charge in [-0.3, -0.25) is 9.97 Å². The number of para-hydroxylation sites is 2. The lowest BCUT2D eigenvalue weighted by Crippen LogP contribution is -1.96. The van der Waals surface area contributed by atoms with Crippen LogP contribution in [0.15, 0.2) is 152 Å². The van der Waals surface area contributed by atoms with E-state index < -0.39 is 0 Å². The Kier molecular flexibility index (Phi) is 6.06. The Morgan fingerprint density at radius 1 is 0.391 bits per heavy atom. The van der Waals surface area contributed by atoms with E-state index in [1.807, 2.05) is 42.7 Å². The SMILES string of the molecule is c1cc(-c2ccc(-c3nc(-c4cccc5cccnc45)c4ccccc4n3)cc2)cc(-c2ccc3ccc4cccnc4c3n2)c1. The van der Waals surface area contributed by atoms with Gasteiger partial charge in [0.25, 0.3) is 0 Å². The number of hydrogen-bond acceptors (Lipinski definition) is 5. The molecule has 0 radical (unpaired) electrons. The predicted octanol–water partition coefficient (Wildman–Crippen LogP) is 9.94. The Hall–Kier alpha value is -6.33. The van der Waals surface area contributed by atoms with Crippen LogP contribution in [-0.2, 0) is 0 Å². The first-order valence-electron chi connectivity index (χ1n) is 15.3. The molecule has 0 aliphatic rings. The molecule has 0 N–H and O–H groups in total. The van der Waals surface area contributed by atoms with E-state index in [0.29, 0.717) is 5.82 Å². The van der Waals surface area contributed by atoms with E-state index in [2.05, 4.69) is 114 Å². The fraction of sp³-hybridized carbons (Fsp3) is 0. The number of benzene rings is 5. The molecule has 0 saturated heterocycles. The van der Waals surface area contributed by atoms with Crippen LogP contribution >= 0.6 is 0 Å². The molecular weight excluding hydrogens is 562 g/mol. The molecule has 9 aromatic rings. The molecule has 0 saturated carbocycles. The highest BCUT2D eigenvalue weighted by atomic mass is 14.9. The average molecular weight is 588 g/mol. The van der Waals surface area contributed by atoms with Crippen LogP contribution in [0.25, 0.3) is 88.6 Å². The van der Waals surface area contributed by atoms with Crippen molar-refractivity contribution in [3.05, 3.63) is 152 Å². The third kappa shape index (κ3) is 4.45. The number of fused-ring (bicyclic) bond motifs is 5. The molecule has 4 heterocycles. The summed E-state index contributed by atoms with van der Waals surface area (Å²) in [5, 5.41) is 4.26. The molecule has 0 bridgehead atoms.